The Morgan fingerprint density at radius 3 is 2.32 bits per heavy atom. The molecule has 0 saturated carbocycles. The Balaban J connectivity index is 1.87. The summed E-state index contributed by atoms with van der Waals surface area (Å²) in [7, 11) is 0. The number of hydrogen-bond donors (Lipinski definition) is 2. The van der Waals surface area contributed by atoms with Crippen LogP contribution in [-0.2, 0) is 9.59 Å². The molecule has 0 radical (unpaired) electrons. The molecule has 0 unspecified atom stereocenters. The van der Waals surface area contributed by atoms with Crippen LogP contribution in [0.2, 0.25) is 0 Å². The molecule has 2 rings (SSSR count). The molecule has 6 nitrogen and oxygen atoms in total. The van der Waals surface area contributed by atoms with E-state index >= 15 is 0 Å². The smallest absolute Gasteiger partial charge is 0.234 e. The average Bonchev–Trinajstić information content (AvgIpc) is 2.90. The van der Waals surface area contributed by atoms with Gasteiger partial charge in [-0.3, -0.25) is 9.59 Å². The number of nitrogens with zero attached hydrogens (tertiary/aromatic N) is 2. The van der Waals surface area contributed by atoms with Crippen molar-refractivity contribution >= 4 is 45.7 Å². The number of thioether (sulfide) groups is 1. The third-order valence-corrected chi connectivity index (χ3v) is 5.11. The number of hydrogen-bond acceptors (Lipinski definition) is 6. The van der Waals surface area contributed by atoms with Crippen LogP contribution in [-0.4, -0.2) is 27.8 Å². The Labute approximate surface area is 155 Å². The van der Waals surface area contributed by atoms with Gasteiger partial charge >= 0.3 is 0 Å². The van der Waals surface area contributed by atoms with Gasteiger partial charge in [-0.05, 0) is 37.1 Å². The molecule has 0 aliphatic heterocycles. The van der Waals surface area contributed by atoms with Gasteiger partial charge in [-0.1, -0.05) is 49.9 Å². The molecule has 0 fully saturated rings. The van der Waals surface area contributed by atoms with Crippen molar-refractivity contribution in [2.75, 3.05) is 16.4 Å². The first-order chi connectivity index (χ1) is 11.6. The topological polar surface area (TPSA) is 84.0 Å². The lowest BCUT2D eigenvalue weighted by molar-refractivity contribution is -0.123. The minimum atomic E-state index is -0.495. The first-order valence-electron chi connectivity index (χ1n) is 7.79. The summed E-state index contributed by atoms with van der Waals surface area (Å²) in [5.41, 5.74) is 2.50. The summed E-state index contributed by atoms with van der Waals surface area (Å²) in [6.45, 7) is 9.47. The fourth-order valence-corrected chi connectivity index (χ4v) is 3.52. The number of rotatable bonds is 5. The highest BCUT2D eigenvalue weighted by Gasteiger charge is 2.22. The van der Waals surface area contributed by atoms with E-state index < -0.39 is 5.41 Å². The van der Waals surface area contributed by atoms with E-state index in [1.165, 1.54) is 23.1 Å². The second kappa shape index (κ2) is 7.97. The minimum Gasteiger partial charge on any atom is -0.325 e. The Bertz CT molecular complexity index is 761. The summed E-state index contributed by atoms with van der Waals surface area (Å²) < 4.78 is 0.639. The van der Waals surface area contributed by atoms with Gasteiger partial charge in [0, 0.05) is 11.1 Å². The molecule has 0 aliphatic carbocycles. The number of aryl methyl sites for hydroxylation is 2. The van der Waals surface area contributed by atoms with Crippen molar-refractivity contribution in [2.24, 2.45) is 5.41 Å². The number of carbonyl (C=O) groups is 2. The number of nitrogens with one attached hydrogen (secondary N) is 2. The highest BCUT2D eigenvalue weighted by atomic mass is 32.2. The van der Waals surface area contributed by atoms with E-state index in [0.717, 1.165) is 16.8 Å². The zero-order chi connectivity index (χ0) is 18.6. The van der Waals surface area contributed by atoms with Crippen molar-refractivity contribution in [2.45, 2.75) is 39.0 Å². The van der Waals surface area contributed by atoms with E-state index in [0.29, 0.717) is 9.47 Å². The summed E-state index contributed by atoms with van der Waals surface area (Å²) in [4.78, 5) is 24.0. The first-order valence-corrected chi connectivity index (χ1v) is 9.59. The zero-order valence-electron chi connectivity index (χ0n) is 15.0. The van der Waals surface area contributed by atoms with Crippen LogP contribution in [0.5, 0.6) is 0 Å². The number of carbonyl (C=O) groups excluding carboxylic acids is 2. The lowest BCUT2D eigenvalue weighted by Crippen LogP contribution is -2.27. The van der Waals surface area contributed by atoms with E-state index in [-0.39, 0.29) is 17.6 Å². The van der Waals surface area contributed by atoms with Gasteiger partial charge in [-0.2, -0.15) is 0 Å². The second-order valence-corrected chi connectivity index (χ2v) is 8.99. The Morgan fingerprint density at radius 2 is 1.72 bits per heavy atom. The van der Waals surface area contributed by atoms with Gasteiger partial charge in [0.25, 0.3) is 0 Å². The third-order valence-electron chi connectivity index (χ3n) is 3.14. The second-order valence-electron chi connectivity index (χ2n) is 6.79. The largest absolute Gasteiger partial charge is 0.325 e. The fourth-order valence-electron chi connectivity index (χ4n) is 1.97. The summed E-state index contributed by atoms with van der Waals surface area (Å²) >= 11 is 2.55. The lowest BCUT2D eigenvalue weighted by atomic mass is 9.96. The molecular weight excluding hydrogens is 356 g/mol. The molecule has 0 saturated heterocycles. The zero-order valence-corrected chi connectivity index (χ0v) is 16.6. The van der Waals surface area contributed by atoms with E-state index in [4.69, 9.17) is 0 Å². The number of amides is 2. The molecule has 0 aliphatic rings. The maximum Gasteiger partial charge on any atom is 0.234 e. The van der Waals surface area contributed by atoms with E-state index in [1.54, 1.807) is 0 Å². The van der Waals surface area contributed by atoms with Gasteiger partial charge in [0.1, 0.15) is 0 Å². The normalized spacial score (nSPS) is 11.2. The van der Waals surface area contributed by atoms with Gasteiger partial charge in [0.05, 0.1) is 5.75 Å². The Kier molecular flexibility index (Phi) is 6.18. The summed E-state index contributed by atoms with van der Waals surface area (Å²) in [6.07, 6.45) is 0. The molecule has 0 atom stereocenters. The SMILES string of the molecule is Cc1cc(C)cc(NC(=O)CSc2nnc(NC(=O)C(C)(C)C)s2)c1. The van der Waals surface area contributed by atoms with Crippen LogP contribution in [0, 0.1) is 19.3 Å². The van der Waals surface area contributed by atoms with Crippen molar-refractivity contribution in [3.8, 4) is 0 Å². The Morgan fingerprint density at radius 1 is 1.08 bits per heavy atom. The van der Waals surface area contributed by atoms with Crippen LogP contribution in [0.15, 0.2) is 22.5 Å². The highest BCUT2D eigenvalue weighted by molar-refractivity contribution is 8.01. The first kappa shape index (κ1) is 19.4. The quantitative estimate of drug-likeness (QED) is 0.609. The monoisotopic (exact) mass is 378 g/mol. The predicted molar refractivity (Wildman–Crippen MR) is 103 cm³/mol. The van der Waals surface area contributed by atoms with Gasteiger partial charge in [-0.15, -0.1) is 10.2 Å². The van der Waals surface area contributed by atoms with Crippen LogP contribution in [0.3, 0.4) is 0 Å². The van der Waals surface area contributed by atoms with E-state index in [9.17, 15) is 9.59 Å². The molecule has 8 heteroatoms. The van der Waals surface area contributed by atoms with Crippen molar-refractivity contribution < 1.29 is 9.59 Å². The van der Waals surface area contributed by atoms with Crippen LogP contribution in [0.4, 0.5) is 10.8 Å². The summed E-state index contributed by atoms with van der Waals surface area (Å²) in [5, 5.41) is 14.0. The molecule has 2 N–H and O–H groups in total. The van der Waals surface area contributed by atoms with Gasteiger partial charge in [-0.25, -0.2) is 0 Å². The molecule has 0 bridgehead atoms. The molecule has 1 aromatic carbocycles. The average molecular weight is 379 g/mol. The minimum absolute atomic E-state index is 0.106. The van der Waals surface area contributed by atoms with Crippen LogP contribution in [0.25, 0.3) is 0 Å². The van der Waals surface area contributed by atoms with Crippen molar-refractivity contribution in [1.82, 2.24) is 10.2 Å². The number of aromatic nitrogens is 2. The van der Waals surface area contributed by atoms with Crippen LogP contribution >= 0.6 is 23.1 Å². The molecule has 1 heterocycles. The summed E-state index contributed by atoms with van der Waals surface area (Å²) in [6, 6.07) is 5.92. The Hall–Kier alpha value is -1.93. The number of anilines is 2. The predicted octanol–water partition coefficient (Wildman–Crippen LogP) is 3.87. The highest BCUT2D eigenvalue weighted by Crippen LogP contribution is 2.27. The van der Waals surface area contributed by atoms with Gasteiger partial charge < -0.3 is 10.6 Å². The van der Waals surface area contributed by atoms with E-state index in [1.807, 2.05) is 46.8 Å². The van der Waals surface area contributed by atoms with Crippen molar-refractivity contribution in [3.05, 3.63) is 29.3 Å². The maximum atomic E-state index is 12.1. The lowest BCUT2D eigenvalue weighted by Gasteiger charge is -2.15. The van der Waals surface area contributed by atoms with Crippen molar-refractivity contribution in [3.63, 3.8) is 0 Å². The molecule has 2 aromatic rings. The molecule has 134 valence electrons. The molecule has 2 amide bonds. The third kappa shape index (κ3) is 6.13. The van der Waals surface area contributed by atoms with Gasteiger partial charge in [0.2, 0.25) is 16.9 Å². The summed E-state index contributed by atoms with van der Waals surface area (Å²) in [5.74, 6) is 0.00714. The van der Waals surface area contributed by atoms with Crippen LogP contribution < -0.4 is 10.6 Å². The molecular formula is C17H22N4O2S2. The number of benzene rings is 1. The van der Waals surface area contributed by atoms with E-state index in [2.05, 4.69) is 26.9 Å². The standard InChI is InChI=1S/C17H22N4O2S2/c1-10-6-11(2)8-12(7-10)18-13(22)9-24-16-21-20-15(25-16)19-14(23)17(3,4)5/h6-8H,9H2,1-5H3,(H,18,22)(H,19,20,23). The fraction of sp³-hybridized carbons (Fsp3) is 0.412. The molecule has 25 heavy (non-hydrogen) atoms. The maximum absolute atomic E-state index is 12.1. The molecule has 1 aromatic heterocycles. The van der Waals surface area contributed by atoms with Crippen molar-refractivity contribution in [1.29, 1.82) is 0 Å². The van der Waals surface area contributed by atoms with Crippen LogP contribution in [0.1, 0.15) is 31.9 Å². The molecule has 0 spiro atoms. The van der Waals surface area contributed by atoms with Gasteiger partial charge in [0.15, 0.2) is 4.34 Å².